The van der Waals surface area contributed by atoms with Crippen LogP contribution >= 0.6 is 11.3 Å². The molecule has 1 aliphatic carbocycles. The molecular weight excluding hydrogens is 412 g/mol. The van der Waals surface area contributed by atoms with E-state index >= 15 is 0 Å². The molecule has 3 aromatic heterocycles. The number of anilines is 1. The smallest absolute Gasteiger partial charge is 0.233 e. The van der Waals surface area contributed by atoms with Crippen molar-refractivity contribution in [2.45, 2.75) is 44.4 Å². The maximum Gasteiger partial charge on any atom is 0.233 e. The van der Waals surface area contributed by atoms with Crippen LogP contribution in [0.5, 0.6) is 5.88 Å². The second kappa shape index (κ2) is 8.13. The van der Waals surface area contributed by atoms with E-state index in [0.29, 0.717) is 29.2 Å². The number of ether oxygens (including phenoxy) is 1. The van der Waals surface area contributed by atoms with Gasteiger partial charge in [0.25, 0.3) is 0 Å². The normalized spacial score (nSPS) is 18.9. The lowest BCUT2D eigenvalue weighted by molar-refractivity contribution is 0.116. The number of aromatic nitrogens is 4. The third-order valence-electron chi connectivity index (χ3n) is 5.71. The first-order valence-electron chi connectivity index (χ1n) is 10.3. The molecule has 1 aliphatic rings. The summed E-state index contributed by atoms with van der Waals surface area (Å²) in [6, 6.07) is 10.1. The van der Waals surface area contributed by atoms with Gasteiger partial charge in [0.2, 0.25) is 5.88 Å². The molecule has 9 heteroatoms. The van der Waals surface area contributed by atoms with Crippen LogP contribution in [0.4, 0.5) is 5.13 Å². The molecule has 158 valence electrons. The number of nitrogens with one attached hydrogen (secondary N) is 1. The average Bonchev–Trinajstić information content (AvgIpc) is 3.37. The Kier molecular flexibility index (Phi) is 5.18. The Morgan fingerprint density at radius 2 is 2.13 bits per heavy atom. The lowest BCUT2D eigenvalue weighted by atomic mass is 9.93. The number of nitrogens with zero attached hydrogens (tertiary/aromatic N) is 5. The maximum atomic E-state index is 10.2. The summed E-state index contributed by atoms with van der Waals surface area (Å²) in [4.78, 5) is 13.5. The number of rotatable bonds is 5. The lowest BCUT2D eigenvalue weighted by Crippen LogP contribution is -2.36. The molecule has 2 N–H and O–H groups in total. The fourth-order valence-electron chi connectivity index (χ4n) is 4.09. The van der Waals surface area contributed by atoms with Crippen molar-refractivity contribution in [1.29, 1.82) is 5.26 Å². The molecule has 0 bridgehead atoms. The minimum Gasteiger partial charge on any atom is -0.480 e. The molecule has 0 aliphatic heterocycles. The van der Waals surface area contributed by atoms with E-state index < -0.39 is 0 Å². The van der Waals surface area contributed by atoms with Crippen molar-refractivity contribution < 1.29 is 9.84 Å². The molecule has 0 spiro atoms. The summed E-state index contributed by atoms with van der Waals surface area (Å²) in [5.41, 5.74) is 3.75. The number of hydrogen-bond donors (Lipinski definition) is 2. The zero-order valence-electron chi connectivity index (χ0n) is 17.1. The number of benzene rings is 1. The minimum atomic E-state index is -0.308. The van der Waals surface area contributed by atoms with E-state index in [1.807, 2.05) is 16.7 Å². The molecule has 31 heavy (non-hydrogen) atoms. The Morgan fingerprint density at radius 1 is 1.26 bits per heavy atom. The van der Waals surface area contributed by atoms with Crippen LogP contribution in [0.3, 0.4) is 0 Å². The van der Waals surface area contributed by atoms with Gasteiger partial charge >= 0.3 is 0 Å². The van der Waals surface area contributed by atoms with E-state index in [4.69, 9.17) is 4.74 Å². The highest BCUT2D eigenvalue weighted by atomic mass is 32.1. The molecule has 0 radical (unpaired) electrons. The molecule has 0 saturated heterocycles. The van der Waals surface area contributed by atoms with Crippen LogP contribution in [-0.2, 0) is 6.54 Å². The zero-order valence-corrected chi connectivity index (χ0v) is 17.9. The molecule has 1 saturated carbocycles. The third-order valence-corrected chi connectivity index (χ3v) is 6.66. The number of imidazole rings is 1. The van der Waals surface area contributed by atoms with Gasteiger partial charge < -0.3 is 19.7 Å². The number of aliphatic hydroxyl groups excluding tert-OH is 1. The van der Waals surface area contributed by atoms with Crippen LogP contribution in [0, 0.1) is 11.3 Å². The largest absolute Gasteiger partial charge is 0.480 e. The highest BCUT2D eigenvalue weighted by molar-refractivity contribution is 7.22. The Labute approximate surface area is 183 Å². The van der Waals surface area contributed by atoms with E-state index in [2.05, 4.69) is 32.4 Å². The van der Waals surface area contributed by atoms with Gasteiger partial charge in [0.1, 0.15) is 17.1 Å². The molecule has 5 rings (SSSR count). The van der Waals surface area contributed by atoms with Gasteiger partial charge in [0, 0.05) is 0 Å². The number of aliphatic hydroxyl groups is 1. The Bertz CT molecular complexity index is 1290. The first-order chi connectivity index (χ1) is 15.1. The Morgan fingerprint density at radius 3 is 2.94 bits per heavy atom. The highest BCUT2D eigenvalue weighted by Gasteiger charge is 2.23. The number of pyridine rings is 1. The van der Waals surface area contributed by atoms with Crippen LogP contribution in [0.1, 0.15) is 36.8 Å². The van der Waals surface area contributed by atoms with Gasteiger partial charge in [-0.05, 0) is 36.6 Å². The fourth-order valence-corrected chi connectivity index (χ4v) is 5.08. The molecule has 3 heterocycles. The molecule has 2 atom stereocenters. The molecule has 4 aromatic rings. The van der Waals surface area contributed by atoms with Gasteiger partial charge in [0.05, 0.1) is 42.3 Å². The fraction of sp³-hybridized carbons (Fsp3) is 0.364. The van der Waals surface area contributed by atoms with Crippen LogP contribution in [-0.4, -0.2) is 43.9 Å². The lowest BCUT2D eigenvalue weighted by Gasteiger charge is -2.27. The zero-order chi connectivity index (χ0) is 21.4. The molecule has 1 aromatic carbocycles. The van der Waals surface area contributed by atoms with Gasteiger partial charge in [-0.25, -0.2) is 9.97 Å². The summed E-state index contributed by atoms with van der Waals surface area (Å²) in [5, 5.41) is 23.7. The van der Waals surface area contributed by atoms with Crippen molar-refractivity contribution in [3.05, 3.63) is 41.7 Å². The van der Waals surface area contributed by atoms with Crippen LogP contribution in [0.15, 0.2) is 30.6 Å². The van der Waals surface area contributed by atoms with Crippen molar-refractivity contribution in [3.8, 4) is 11.9 Å². The number of hydrogen-bond acceptors (Lipinski definition) is 8. The van der Waals surface area contributed by atoms with E-state index in [0.717, 1.165) is 46.6 Å². The van der Waals surface area contributed by atoms with Crippen molar-refractivity contribution in [3.63, 3.8) is 0 Å². The van der Waals surface area contributed by atoms with Crippen LogP contribution in [0.25, 0.3) is 21.4 Å². The monoisotopic (exact) mass is 434 g/mol. The predicted octanol–water partition coefficient (Wildman–Crippen LogP) is 3.68. The maximum absolute atomic E-state index is 10.2. The summed E-state index contributed by atoms with van der Waals surface area (Å²) in [6.07, 6.45) is 5.46. The standard InChI is InChI=1S/C22H22N6O2S/c1-30-21-14(10-23)9-17-20(27-21)28(12-24-17)11-13-6-7-16-19(8-13)31-22(26-16)25-15-4-2-3-5-18(15)29/h6-9,12,15,18,29H,2-5,11H2,1H3,(H,25,26)/t15-,18-/m1/s1. The van der Waals surface area contributed by atoms with Gasteiger partial charge in [-0.15, -0.1) is 0 Å². The van der Waals surface area contributed by atoms with E-state index in [9.17, 15) is 10.4 Å². The first kappa shape index (κ1) is 19.7. The summed E-state index contributed by atoms with van der Waals surface area (Å²) >= 11 is 1.60. The van der Waals surface area contributed by atoms with E-state index in [1.54, 1.807) is 23.7 Å². The van der Waals surface area contributed by atoms with Crippen molar-refractivity contribution in [1.82, 2.24) is 19.5 Å². The minimum absolute atomic E-state index is 0.0745. The van der Waals surface area contributed by atoms with Gasteiger partial charge in [-0.2, -0.15) is 10.2 Å². The molecular formula is C22H22N6O2S. The number of methoxy groups -OCH3 is 1. The molecule has 8 nitrogen and oxygen atoms in total. The van der Waals surface area contributed by atoms with Gasteiger partial charge in [-0.1, -0.05) is 30.2 Å². The molecule has 0 unspecified atom stereocenters. The van der Waals surface area contributed by atoms with Crippen molar-refractivity contribution in [2.24, 2.45) is 0 Å². The topological polar surface area (TPSA) is 109 Å². The van der Waals surface area contributed by atoms with Crippen LogP contribution in [0.2, 0.25) is 0 Å². The Hall–Kier alpha value is -3.22. The van der Waals surface area contributed by atoms with Crippen molar-refractivity contribution in [2.75, 3.05) is 12.4 Å². The summed E-state index contributed by atoms with van der Waals surface area (Å²) < 4.78 is 8.28. The SMILES string of the molecule is COc1nc2c(cc1C#N)ncn2Cc1ccc2nc(N[C@@H]3CCCC[C@H]3O)sc2c1. The number of nitriles is 1. The second-order valence-corrected chi connectivity index (χ2v) is 8.83. The average molecular weight is 435 g/mol. The Balaban J connectivity index is 1.40. The highest BCUT2D eigenvalue weighted by Crippen LogP contribution is 2.30. The second-order valence-electron chi connectivity index (χ2n) is 7.80. The van der Waals surface area contributed by atoms with Gasteiger partial charge in [0.15, 0.2) is 10.8 Å². The first-order valence-corrected chi connectivity index (χ1v) is 11.1. The third kappa shape index (κ3) is 3.80. The summed E-state index contributed by atoms with van der Waals surface area (Å²) in [7, 11) is 1.51. The van der Waals surface area contributed by atoms with E-state index in [-0.39, 0.29) is 12.1 Å². The molecule has 0 amide bonds. The number of fused-ring (bicyclic) bond motifs is 2. The predicted molar refractivity (Wildman–Crippen MR) is 119 cm³/mol. The quantitative estimate of drug-likeness (QED) is 0.493. The van der Waals surface area contributed by atoms with Gasteiger partial charge in [-0.3, -0.25) is 0 Å². The number of thiazole rings is 1. The molecule has 1 fully saturated rings. The van der Waals surface area contributed by atoms with E-state index in [1.165, 1.54) is 7.11 Å². The summed E-state index contributed by atoms with van der Waals surface area (Å²) in [5.74, 6) is 0.301. The van der Waals surface area contributed by atoms with Crippen molar-refractivity contribution >= 4 is 37.8 Å². The summed E-state index contributed by atoms with van der Waals surface area (Å²) in [6.45, 7) is 0.594. The van der Waals surface area contributed by atoms with Crippen LogP contribution < -0.4 is 10.1 Å².